The van der Waals surface area contributed by atoms with Gasteiger partial charge in [0, 0.05) is 18.9 Å². The summed E-state index contributed by atoms with van der Waals surface area (Å²) in [7, 11) is 0. The van der Waals surface area contributed by atoms with E-state index in [1.807, 2.05) is 0 Å². The van der Waals surface area contributed by atoms with Crippen LogP contribution in [0.2, 0.25) is 0 Å². The number of aliphatic carboxylic acids is 1. The summed E-state index contributed by atoms with van der Waals surface area (Å²) in [4.78, 5) is 76.4. The van der Waals surface area contributed by atoms with Crippen LogP contribution in [0.3, 0.4) is 0 Å². The van der Waals surface area contributed by atoms with Gasteiger partial charge >= 0.3 is 5.97 Å². The molecular weight excluding hydrogens is 536 g/mol. The number of amides is 5. The summed E-state index contributed by atoms with van der Waals surface area (Å²) in [6.45, 7) is 1.17. The second-order valence-electron chi connectivity index (χ2n) is 8.96. The van der Waals surface area contributed by atoms with E-state index in [1.165, 1.54) is 0 Å². The Morgan fingerprint density at radius 3 is 1.70 bits per heavy atom. The standard InChI is InChI=1S/C22H40N8O10/c1-10(4-3-7-26-22(24)25)18(37)28-13(8-31)19(38)29-14(9-32)20(39)30-16(11(2)33)21(40)27-12(17(23)36)5-6-15(34)35/h10-14,16,31-33H,3-9H2,1-2H3,(H2,23,36)(H,27,40)(H,28,37)(H,29,38)(H,30,39)(H,34,35)(H4,24,25,26)/t10-,11+,12-,13-,14-,16-/m0/s1. The van der Waals surface area contributed by atoms with Crippen LogP contribution >= 0.6 is 0 Å². The Morgan fingerprint density at radius 1 is 0.750 bits per heavy atom. The molecule has 14 N–H and O–H groups in total. The lowest BCUT2D eigenvalue weighted by molar-refractivity contribution is -0.138. The number of carbonyl (C=O) groups excluding carboxylic acids is 5. The Morgan fingerprint density at radius 2 is 1.25 bits per heavy atom. The fourth-order valence-electron chi connectivity index (χ4n) is 3.19. The number of guanidine groups is 1. The average molecular weight is 577 g/mol. The third-order valence-electron chi connectivity index (χ3n) is 5.54. The molecule has 228 valence electrons. The van der Waals surface area contributed by atoms with E-state index in [1.54, 1.807) is 6.92 Å². The van der Waals surface area contributed by atoms with Crippen LogP contribution in [0.5, 0.6) is 0 Å². The van der Waals surface area contributed by atoms with Crippen molar-refractivity contribution < 1.29 is 49.2 Å². The van der Waals surface area contributed by atoms with E-state index in [0.717, 1.165) is 6.92 Å². The Kier molecular flexibility index (Phi) is 16.4. The molecular formula is C22H40N8O10. The number of hydrogen-bond donors (Lipinski definition) is 11. The molecule has 0 aromatic rings. The van der Waals surface area contributed by atoms with Crippen molar-refractivity contribution in [2.24, 2.45) is 28.1 Å². The number of nitrogens with zero attached hydrogens (tertiary/aromatic N) is 1. The lowest BCUT2D eigenvalue weighted by Crippen LogP contribution is -2.61. The quantitative estimate of drug-likeness (QED) is 0.0389. The molecule has 0 aliphatic carbocycles. The maximum atomic E-state index is 12.7. The third kappa shape index (κ3) is 13.7. The maximum absolute atomic E-state index is 12.7. The average Bonchev–Trinajstić information content (AvgIpc) is 2.87. The first kappa shape index (κ1) is 36.0. The van der Waals surface area contributed by atoms with E-state index in [-0.39, 0.29) is 18.9 Å². The first-order valence-electron chi connectivity index (χ1n) is 12.3. The molecule has 0 fully saturated rings. The monoisotopic (exact) mass is 576 g/mol. The van der Waals surface area contributed by atoms with Crippen molar-refractivity contribution in [3.05, 3.63) is 0 Å². The molecule has 0 aromatic carbocycles. The summed E-state index contributed by atoms with van der Waals surface area (Å²) in [5, 5.41) is 46.7. The van der Waals surface area contributed by atoms with Gasteiger partial charge in [-0.15, -0.1) is 0 Å². The fourth-order valence-corrected chi connectivity index (χ4v) is 3.19. The van der Waals surface area contributed by atoms with Crippen LogP contribution in [0, 0.1) is 5.92 Å². The minimum absolute atomic E-state index is 0.0948. The molecule has 0 aromatic heterocycles. The van der Waals surface area contributed by atoms with E-state index in [4.69, 9.17) is 22.3 Å². The topological polar surface area (TPSA) is 322 Å². The van der Waals surface area contributed by atoms with Gasteiger partial charge in [-0.05, 0) is 26.2 Å². The zero-order valence-electron chi connectivity index (χ0n) is 22.3. The number of aliphatic hydroxyl groups excluding tert-OH is 3. The molecule has 0 aliphatic rings. The normalized spacial score (nSPS) is 15.2. The largest absolute Gasteiger partial charge is 0.481 e. The molecule has 0 bridgehead atoms. The zero-order valence-corrected chi connectivity index (χ0v) is 22.3. The van der Waals surface area contributed by atoms with Gasteiger partial charge < -0.3 is 58.9 Å². The van der Waals surface area contributed by atoms with Gasteiger partial charge in [0.1, 0.15) is 24.2 Å². The summed E-state index contributed by atoms with van der Waals surface area (Å²) < 4.78 is 0. The highest BCUT2D eigenvalue weighted by molar-refractivity contribution is 5.95. The molecule has 0 heterocycles. The number of carbonyl (C=O) groups is 6. The number of nitrogens with one attached hydrogen (secondary N) is 4. The Balaban J connectivity index is 5.24. The van der Waals surface area contributed by atoms with Gasteiger partial charge in [-0.3, -0.25) is 33.8 Å². The number of primary amides is 1. The highest BCUT2D eigenvalue weighted by Crippen LogP contribution is 2.07. The molecule has 0 radical (unpaired) electrons. The molecule has 18 nitrogen and oxygen atoms in total. The molecule has 0 saturated heterocycles. The lowest BCUT2D eigenvalue weighted by Gasteiger charge is -2.26. The fraction of sp³-hybridized carbons (Fsp3) is 0.682. The van der Waals surface area contributed by atoms with Crippen LogP contribution in [0.15, 0.2) is 4.99 Å². The Labute approximate surface area is 230 Å². The van der Waals surface area contributed by atoms with Gasteiger partial charge in [0.25, 0.3) is 0 Å². The number of hydrogen-bond acceptors (Lipinski definition) is 10. The van der Waals surface area contributed by atoms with Crippen LogP contribution in [0.25, 0.3) is 0 Å². The van der Waals surface area contributed by atoms with Gasteiger partial charge in [0.05, 0.1) is 19.3 Å². The molecule has 5 amide bonds. The van der Waals surface area contributed by atoms with Crippen LogP contribution < -0.4 is 38.5 Å². The summed E-state index contributed by atoms with van der Waals surface area (Å²) >= 11 is 0. The van der Waals surface area contributed by atoms with Crippen LogP contribution in [-0.4, -0.2) is 112 Å². The number of carboxylic acid groups (broad SMARTS) is 1. The van der Waals surface area contributed by atoms with Gasteiger partial charge in [-0.2, -0.15) is 0 Å². The van der Waals surface area contributed by atoms with Crippen molar-refractivity contribution in [2.45, 2.75) is 69.8 Å². The smallest absolute Gasteiger partial charge is 0.303 e. The van der Waals surface area contributed by atoms with Crippen molar-refractivity contribution in [1.29, 1.82) is 0 Å². The van der Waals surface area contributed by atoms with Crippen molar-refractivity contribution in [1.82, 2.24) is 21.3 Å². The van der Waals surface area contributed by atoms with Crippen molar-refractivity contribution >= 4 is 41.5 Å². The molecule has 40 heavy (non-hydrogen) atoms. The van der Waals surface area contributed by atoms with Crippen LogP contribution in [0.4, 0.5) is 0 Å². The minimum atomic E-state index is -1.70. The summed E-state index contributed by atoms with van der Waals surface area (Å²) in [5.74, 6) is -6.81. The number of aliphatic hydroxyl groups is 3. The Bertz CT molecular complexity index is 925. The highest BCUT2D eigenvalue weighted by atomic mass is 16.4. The van der Waals surface area contributed by atoms with Gasteiger partial charge in [0.2, 0.25) is 29.5 Å². The van der Waals surface area contributed by atoms with E-state index in [9.17, 15) is 44.1 Å². The molecule has 18 heteroatoms. The predicted molar refractivity (Wildman–Crippen MR) is 139 cm³/mol. The molecule has 6 atom stereocenters. The number of aliphatic imine (C=N–C) groups is 1. The molecule has 0 unspecified atom stereocenters. The van der Waals surface area contributed by atoms with Crippen molar-refractivity contribution in [3.63, 3.8) is 0 Å². The SMILES string of the molecule is C[C@@H](CCCN=C(N)N)C(=O)N[C@@H](CO)C(=O)N[C@@H](CO)C(=O)N[C@H](C(=O)N[C@@H](CCC(=O)O)C(N)=O)[C@@H](C)O. The van der Waals surface area contributed by atoms with E-state index >= 15 is 0 Å². The Hall–Kier alpha value is -4.03. The molecule has 0 rings (SSSR count). The molecule has 0 saturated carbocycles. The predicted octanol–water partition coefficient (Wildman–Crippen LogP) is -5.67. The van der Waals surface area contributed by atoms with E-state index < -0.39 is 91.3 Å². The number of rotatable bonds is 19. The van der Waals surface area contributed by atoms with Crippen LogP contribution in [0.1, 0.15) is 39.5 Å². The summed E-state index contributed by atoms with van der Waals surface area (Å²) in [6.07, 6.45) is -1.57. The summed E-state index contributed by atoms with van der Waals surface area (Å²) in [5.41, 5.74) is 15.6. The van der Waals surface area contributed by atoms with Crippen molar-refractivity contribution in [3.8, 4) is 0 Å². The second-order valence-corrected chi connectivity index (χ2v) is 8.96. The second kappa shape index (κ2) is 18.3. The van der Waals surface area contributed by atoms with E-state index in [0.29, 0.717) is 12.8 Å². The first-order chi connectivity index (χ1) is 18.6. The van der Waals surface area contributed by atoms with Gasteiger partial charge in [-0.1, -0.05) is 6.92 Å². The maximum Gasteiger partial charge on any atom is 0.303 e. The molecule has 0 aliphatic heterocycles. The molecule has 0 spiro atoms. The van der Waals surface area contributed by atoms with Gasteiger partial charge in [-0.25, -0.2) is 0 Å². The lowest BCUT2D eigenvalue weighted by atomic mass is 10.0. The highest BCUT2D eigenvalue weighted by Gasteiger charge is 2.33. The summed E-state index contributed by atoms with van der Waals surface area (Å²) in [6, 6.07) is -6.28. The van der Waals surface area contributed by atoms with Gasteiger partial charge in [0.15, 0.2) is 5.96 Å². The van der Waals surface area contributed by atoms with E-state index in [2.05, 4.69) is 26.3 Å². The number of nitrogens with two attached hydrogens (primary N) is 3. The zero-order chi connectivity index (χ0) is 31.0. The minimum Gasteiger partial charge on any atom is -0.481 e. The van der Waals surface area contributed by atoms with Crippen LogP contribution in [-0.2, 0) is 28.8 Å². The van der Waals surface area contributed by atoms with Crippen molar-refractivity contribution in [2.75, 3.05) is 19.8 Å². The third-order valence-corrected chi connectivity index (χ3v) is 5.54. The number of carboxylic acids is 1. The first-order valence-corrected chi connectivity index (χ1v) is 12.3.